The van der Waals surface area contributed by atoms with Crippen molar-refractivity contribution in [3.8, 4) is 11.5 Å². The molecule has 1 atom stereocenters. The molecular weight excluding hydrogens is 354 g/mol. The van der Waals surface area contributed by atoms with Crippen LogP contribution in [0.25, 0.3) is 11.0 Å². The van der Waals surface area contributed by atoms with Gasteiger partial charge < -0.3 is 24.2 Å². The summed E-state index contributed by atoms with van der Waals surface area (Å²) in [6.45, 7) is 1.11. The summed E-state index contributed by atoms with van der Waals surface area (Å²) in [5.41, 5.74) is 2.00. The number of hydrogen-bond donors (Lipinski definition) is 0. The third-order valence-corrected chi connectivity index (χ3v) is 4.81. The Labute approximate surface area is 154 Å². The average Bonchev–Trinajstić information content (AvgIpc) is 3.10. The van der Waals surface area contributed by atoms with Gasteiger partial charge in [-0.15, -0.1) is 0 Å². The Balaban J connectivity index is 1.76. The minimum absolute atomic E-state index is 0.148. The number of methoxy groups -OCH3 is 2. The van der Waals surface area contributed by atoms with Crippen molar-refractivity contribution >= 4 is 21.8 Å². The highest BCUT2D eigenvalue weighted by molar-refractivity contribution is 7.84. The molecule has 7 nitrogen and oxygen atoms in total. The first-order valence-corrected chi connectivity index (χ1v) is 9.46. The molecule has 2 aromatic heterocycles. The third kappa shape index (κ3) is 4.20. The van der Waals surface area contributed by atoms with Gasteiger partial charge in [-0.2, -0.15) is 0 Å². The van der Waals surface area contributed by atoms with E-state index in [4.69, 9.17) is 14.2 Å². The highest BCUT2D eigenvalue weighted by atomic mass is 32.2. The molecule has 0 radical (unpaired) electrons. The van der Waals surface area contributed by atoms with Crippen LogP contribution in [0.3, 0.4) is 0 Å². The Hall–Kier alpha value is -2.45. The van der Waals surface area contributed by atoms with Gasteiger partial charge in [0.1, 0.15) is 0 Å². The number of ether oxygens (including phenoxy) is 3. The summed E-state index contributed by atoms with van der Waals surface area (Å²) in [6.07, 6.45) is 2.38. The molecule has 1 unspecified atom stereocenters. The van der Waals surface area contributed by atoms with Crippen molar-refractivity contribution in [2.75, 3.05) is 27.4 Å². The Morgan fingerprint density at radius 2 is 2.00 bits per heavy atom. The van der Waals surface area contributed by atoms with Crippen molar-refractivity contribution < 1.29 is 18.4 Å². The number of nitrogens with zero attached hydrogens (tertiary/aromatic N) is 3. The van der Waals surface area contributed by atoms with Crippen LogP contribution in [-0.4, -0.2) is 41.6 Å². The highest BCUT2D eigenvalue weighted by Crippen LogP contribution is 2.31. The Morgan fingerprint density at radius 1 is 1.15 bits per heavy atom. The first-order chi connectivity index (χ1) is 12.7. The van der Waals surface area contributed by atoms with Gasteiger partial charge in [0.25, 0.3) is 0 Å². The number of pyridine rings is 1. The molecule has 0 amide bonds. The van der Waals surface area contributed by atoms with E-state index in [0.29, 0.717) is 35.6 Å². The second-order valence-electron chi connectivity index (χ2n) is 5.47. The van der Waals surface area contributed by atoms with E-state index in [2.05, 4.69) is 15.0 Å². The molecule has 1 aromatic carbocycles. The summed E-state index contributed by atoms with van der Waals surface area (Å²) in [5, 5.41) is 0.293. The number of imidazole rings is 1. The molecule has 3 aromatic rings. The van der Waals surface area contributed by atoms with E-state index in [9.17, 15) is 4.21 Å². The summed E-state index contributed by atoms with van der Waals surface area (Å²) in [4.78, 5) is 13.0. The van der Waals surface area contributed by atoms with Crippen LogP contribution in [0.1, 0.15) is 12.1 Å². The monoisotopic (exact) mass is 374 g/mol. The molecule has 0 saturated heterocycles. The van der Waals surface area contributed by atoms with Crippen molar-refractivity contribution in [1.82, 2.24) is 15.0 Å². The zero-order valence-electron chi connectivity index (χ0n) is 14.7. The lowest BCUT2D eigenvalue weighted by Gasteiger charge is -2.14. The van der Waals surface area contributed by atoms with E-state index in [0.717, 1.165) is 17.5 Å². The van der Waals surface area contributed by atoms with Gasteiger partial charge in [-0.1, -0.05) is 24.3 Å². The van der Waals surface area contributed by atoms with Crippen molar-refractivity contribution in [2.24, 2.45) is 0 Å². The van der Waals surface area contributed by atoms with E-state index < -0.39 is 10.8 Å². The maximum atomic E-state index is 12.7. The lowest BCUT2D eigenvalue weighted by atomic mass is 10.3. The van der Waals surface area contributed by atoms with Gasteiger partial charge >= 0.3 is 0 Å². The second kappa shape index (κ2) is 8.77. The Bertz CT molecular complexity index is 864. The molecule has 0 fully saturated rings. The molecule has 3 rings (SSSR count). The lowest BCUT2D eigenvalue weighted by molar-refractivity contribution is 0.170. The summed E-state index contributed by atoms with van der Waals surface area (Å²) in [7, 11) is 1.75. The van der Waals surface area contributed by atoms with Gasteiger partial charge in [-0.05, 0) is 11.0 Å². The molecular formula is C18H20N3O4S-. The summed E-state index contributed by atoms with van der Waals surface area (Å²) >= 11 is 0. The van der Waals surface area contributed by atoms with Crippen molar-refractivity contribution in [3.05, 3.63) is 42.2 Å². The molecule has 0 aliphatic carbocycles. The predicted octanol–water partition coefficient (Wildman–Crippen LogP) is 2.32. The quantitative estimate of drug-likeness (QED) is 0.531. The highest BCUT2D eigenvalue weighted by Gasteiger charge is 2.15. The number of aromatic nitrogens is 3. The number of rotatable bonds is 9. The fraction of sp³-hybridized carbons (Fsp3) is 0.333. The minimum atomic E-state index is -1.44. The van der Waals surface area contributed by atoms with Crippen molar-refractivity contribution in [2.45, 2.75) is 17.3 Å². The standard InChI is InChI=1S/C18H20N3O4S/c1-23-10-5-11-25-16-8-9-19-15(17(16)24-2)12-26(22)18-20-13-6-3-4-7-14(13)21-18/h3-4,6-9H,5,10-12H2,1-2H3/q-1. The summed E-state index contributed by atoms with van der Waals surface area (Å²) in [5.74, 6) is 1.20. The lowest BCUT2D eigenvalue weighted by Crippen LogP contribution is -2.07. The summed E-state index contributed by atoms with van der Waals surface area (Å²) in [6, 6.07) is 9.16. The van der Waals surface area contributed by atoms with Gasteiger partial charge in [0.2, 0.25) is 0 Å². The van der Waals surface area contributed by atoms with E-state index in [1.165, 1.54) is 0 Å². The zero-order chi connectivity index (χ0) is 18.4. The number of fused-ring (bicyclic) bond motifs is 1. The number of benzene rings is 1. The maximum Gasteiger partial charge on any atom is 0.183 e. The largest absolute Gasteiger partial charge is 0.491 e. The van der Waals surface area contributed by atoms with Gasteiger partial charge in [0, 0.05) is 37.6 Å². The second-order valence-corrected chi connectivity index (χ2v) is 6.81. The van der Waals surface area contributed by atoms with Crippen LogP contribution in [0.4, 0.5) is 0 Å². The van der Waals surface area contributed by atoms with E-state index in [1.807, 2.05) is 24.3 Å². The smallest absolute Gasteiger partial charge is 0.183 e. The van der Waals surface area contributed by atoms with Crippen LogP contribution in [0, 0.1) is 0 Å². The average molecular weight is 374 g/mol. The Kier molecular flexibility index (Phi) is 6.19. The third-order valence-electron chi connectivity index (χ3n) is 3.68. The predicted molar refractivity (Wildman–Crippen MR) is 98.0 cm³/mol. The topological polar surface area (TPSA) is 84.6 Å². The molecule has 8 heteroatoms. The molecule has 0 bridgehead atoms. The maximum absolute atomic E-state index is 12.7. The molecule has 138 valence electrons. The van der Waals surface area contributed by atoms with E-state index in [-0.39, 0.29) is 5.75 Å². The Morgan fingerprint density at radius 3 is 2.77 bits per heavy atom. The van der Waals surface area contributed by atoms with Crippen LogP contribution in [0.2, 0.25) is 0 Å². The molecule has 2 heterocycles. The molecule has 0 aliphatic heterocycles. The van der Waals surface area contributed by atoms with Crippen molar-refractivity contribution in [3.63, 3.8) is 0 Å². The number of hydrogen-bond acceptors (Lipinski definition) is 6. The molecule has 0 aliphatic rings. The molecule has 26 heavy (non-hydrogen) atoms. The molecule has 0 spiro atoms. The van der Waals surface area contributed by atoms with E-state index in [1.54, 1.807) is 26.5 Å². The first-order valence-electron chi connectivity index (χ1n) is 8.14. The van der Waals surface area contributed by atoms with Crippen LogP contribution < -0.4 is 14.5 Å². The normalized spacial score (nSPS) is 12.2. The van der Waals surface area contributed by atoms with Gasteiger partial charge in [-0.25, -0.2) is 0 Å². The van der Waals surface area contributed by atoms with Crippen LogP contribution in [-0.2, 0) is 21.3 Å². The van der Waals surface area contributed by atoms with Gasteiger partial charge in [-0.3, -0.25) is 9.19 Å². The summed E-state index contributed by atoms with van der Waals surface area (Å²) < 4.78 is 28.9. The van der Waals surface area contributed by atoms with Crippen LogP contribution in [0.5, 0.6) is 11.5 Å². The SMILES string of the molecule is COCCCOc1ccnc(CS(=O)c2nc3ccccc3[n-]2)c1OC. The molecule has 0 N–H and O–H groups in total. The van der Waals surface area contributed by atoms with E-state index >= 15 is 0 Å². The van der Waals surface area contributed by atoms with Gasteiger partial charge in [0.15, 0.2) is 11.5 Å². The minimum Gasteiger partial charge on any atom is -0.491 e. The fourth-order valence-electron chi connectivity index (χ4n) is 2.47. The van der Waals surface area contributed by atoms with Crippen LogP contribution in [0.15, 0.2) is 41.7 Å². The number of para-hydroxylation sites is 2. The molecule has 0 saturated carbocycles. The zero-order valence-corrected chi connectivity index (χ0v) is 15.5. The fourth-order valence-corrected chi connectivity index (χ4v) is 3.45. The first kappa shape index (κ1) is 18.3. The van der Waals surface area contributed by atoms with Crippen molar-refractivity contribution in [1.29, 1.82) is 0 Å². The van der Waals surface area contributed by atoms with Crippen LogP contribution >= 0.6 is 0 Å². The van der Waals surface area contributed by atoms with Gasteiger partial charge in [0.05, 0.1) is 36.0 Å².